The molecule has 4 rings (SSSR count). The van der Waals surface area contributed by atoms with E-state index >= 15 is 0 Å². The predicted molar refractivity (Wildman–Crippen MR) is 87.9 cm³/mol. The zero-order chi connectivity index (χ0) is 14.2. The van der Waals surface area contributed by atoms with Crippen LogP contribution >= 0.6 is 22.7 Å². The van der Waals surface area contributed by atoms with Gasteiger partial charge in [0, 0.05) is 22.7 Å². The fraction of sp³-hybridized carbons (Fsp3) is 0.471. The quantitative estimate of drug-likeness (QED) is 0.814. The Morgan fingerprint density at radius 3 is 2.90 bits per heavy atom. The fourth-order valence-electron chi connectivity index (χ4n) is 3.22. The minimum atomic E-state index is 0.159. The molecular formula is C17H19NOS2. The number of amides is 1. The monoisotopic (exact) mass is 317 g/mol. The highest BCUT2D eigenvalue weighted by Gasteiger charge is 2.33. The van der Waals surface area contributed by atoms with Crippen molar-refractivity contribution in [3.63, 3.8) is 0 Å². The van der Waals surface area contributed by atoms with Crippen LogP contribution in [-0.4, -0.2) is 17.4 Å². The first-order valence-electron chi connectivity index (χ1n) is 7.72. The molecule has 110 valence electrons. The van der Waals surface area contributed by atoms with Crippen LogP contribution in [0.15, 0.2) is 29.0 Å². The number of rotatable bonds is 4. The molecule has 0 saturated heterocycles. The maximum Gasteiger partial charge on any atom is 0.223 e. The molecule has 0 bridgehead atoms. The Hall–Kier alpha value is -1.13. The summed E-state index contributed by atoms with van der Waals surface area (Å²) < 4.78 is 0. The second-order valence-electron chi connectivity index (χ2n) is 6.04. The molecule has 0 radical (unpaired) electrons. The number of nitrogens with zero attached hydrogens (tertiary/aromatic N) is 1. The summed E-state index contributed by atoms with van der Waals surface area (Å²) in [7, 11) is 0. The van der Waals surface area contributed by atoms with Crippen molar-refractivity contribution in [3.05, 3.63) is 44.3 Å². The Balaban J connectivity index is 1.61. The van der Waals surface area contributed by atoms with Crippen molar-refractivity contribution in [1.82, 2.24) is 4.90 Å². The van der Waals surface area contributed by atoms with Crippen LogP contribution in [0.3, 0.4) is 0 Å². The molecule has 0 spiro atoms. The minimum absolute atomic E-state index is 0.159. The molecule has 2 aromatic heterocycles. The van der Waals surface area contributed by atoms with E-state index in [1.807, 2.05) is 11.3 Å². The van der Waals surface area contributed by atoms with E-state index in [9.17, 15) is 4.79 Å². The maximum atomic E-state index is 12.7. The van der Waals surface area contributed by atoms with Crippen molar-refractivity contribution in [1.29, 1.82) is 0 Å². The number of carbonyl (C=O) groups excluding carboxylic acids is 1. The van der Waals surface area contributed by atoms with E-state index in [4.69, 9.17) is 0 Å². The molecule has 21 heavy (non-hydrogen) atoms. The molecule has 2 nitrogen and oxygen atoms in total. The van der Waals surface area contributed by atoms with Gasteiger partial charge in [0.25, 0.3) is 0 Å². The first-order chi connectivity index (χ1) is 10.3. The minimum Gasteiger partial charge on any atom is -0.330 e. The SMILES string of the molecule is O=C(CCC1CC1)N1CCc2sccc2[C@@H]1c1cccs1. The van der Waals surface area contributed by atoms with Crippen LogP contribution < -0.4 is 0 Å². The van der Waals surface area contributed by atoms with Crippen LogP contribution in [0.5, 0.6) is 0 Å². The van der Waals surface area contributed by atoms with Gasteiger partial charge in [0.1, 0.15) is 0 Å². The van der Waals surface area contributed by atoms with Crippen LogP contribution in [0.4, 0.5) is 0 Å². The lowest BCUT2D eigenvalue weighted by Gasteiger charge is -2.35. The molecule has 1 atom stereocenters. The van der Waals surface area contributed by atoms with Crippen molar-refractivity contribution in [2.24, 2.45) is 5.92 Å². The molecular weight excluding hydrogens is 298 g/mol. The molecule has 1 aliphatic heterocycles. The third-order valence-electron chi connectivity index (χ3n) is 4.56. The summed E-state index contributed by atoms with van der Waals surface area (Å²) in [5.74, 6) is 1.17. The van der Waals surface area contributed by atoms with Gasteiger partial charge in [-0.15, -0.1) is 22.7 Å². The summed E-state index contributed by atoms with van der Waals surface area (Å²) in [5, 5.41) is 4.28. The number of hydrogen-bond acceptors (Lipinski definition) is 3. The third-order valence-corrected chi connectivity index (χ3v) is 6.48. The number of carbonyl (C=O) groups is 1. The highest BCUT2D eigenvalue weighted by atomic mass is 32.1. The lowest BCUT2D eigenvalue weighted by Crippen LogP contribution is -2.39. The smallest absolute Gasteiger partial charge is 0.223 e. The summed E-state index contributed by atoms with van der Waals surface area (Å²) >= 11 is 3.60. The van der Waals surface area contributed by atoms with Crippen molar-refractivity contribution < 1.29 is 4.79 Å². The first-order valence-corrected chi connectivity index (χ1v) is 9.48. The van der Waals surface area contributed by atoms with E-state index in [1.165, 1.54) is 28.2 Å². The molecule has 1 aliphatic carbocycles. The van der Waals surface area contributed by atoms with E-state index in [0.29, 0.717) is 5.91 Å². The molecule has 0 aromatic carbocycles. The summed E-state index contributed by atoms with van der Waals surface area (Å²) in [6.45, 7) is 0.875. The summed E-state index contributed by atoms with van der Waals surface area (Å²) in [5.41, 5.74) is 1.36. The van der Waals surface area contributed by atoms with Gasteiger partial charge in [-0.25, -0.2) is 0 Å². The van der Waals surface area contributed by atoms with Gasteiger partial charge in [-0.2, -0.15) is 0 Å². The van der Waals surface area contributed by atoms with Crippen molar-refractivity contribution >= 4 is 28.6 Å². The standard InChI is InChI=1S/C17H19NOS2/c19-16(6-5-12-3-4-12)18-9-7-14-13(8-11-21-14)17(18)15-2-1-10-20-15/h1-2,8,10-12,17H,3-7,9H2/t17-/m1/s1. The zero-order valence-corrected chi connectivity index (χ0v) is 13.6. The van der Waals surface area contributed by atoms with Gasteiger partial charge in [-0.3, -0.25) is 4.79 Å². The Bertz CT molecular complexity index is 627. The first kappa shape index (κ1) is 13.5. The van der Waals surface area contributed by atoms with E-state index in [1.54, 1.807) is 11.3 Å². The molecule has 1 saturated carbocycles. The highest BCUT2D eigenvalue weighted by molar-refractivity contribution is 7.10. The normalized spacial score (nSPS) is 21.3. The molecule has 1 fully saturated rings. The average molecular weight is 317 g/mol. The summed E-state index contributed by atoms with van der Waals surface area (Å²) in [6, 6.07) is 6.63. The van der Waals surface area contributed by atoms with Crippen LogP contribution in [0.2, 0.25) is 0 Å². The highest BCUT2D eigenvalue weighted by Crippen LogP contribution is 2.40. The second kappa shape index (κ2) is 5.58. The van der Waals surface area contributed by atoms with Crippen LogP contribution in [0, 0.1) is 5.92 Å². The molecule has 1 amide bonds. The van der Waals surface area contributed by atoms with Gasteiger partial charge in [0.05, 0.1) is 6.04 Å². The average Bonchev–Trinajstić information content (AvgIpc) is 2.99. The van der Waals surface area contributed by atoms with Gasteiger partial charge in [0.2, 0.25) is 5.91 Å². The van der Waals surface area contributed by atoms with Crippen molar-refractivity contribution in [2.45, 2.75) is 38.1 Å². The van der Waals surface area contributed by atoms with E-state index in [0.717, 1.165) is 31.7 Å². The number of thiophene rings is 2. The Morgan fingerprint density at radius 2 is 2.14 bits per heavy atom. The van der Waals surface area contributed by atoms with Crippen LogP contribution in [0.25, 0.3) is 0 Å². The number of hydrogen-bond donors (Lipinski definition) is 0. The van der Waals surface area contributed by atoms with Gasteiger partial charge in [0.15, 0.2) is 0 Å². The van der Waals surface area contributed by atoms with Gasteiger partial charge in [-0.1, -0.05) is 18.9 Å². The van der Waals surface area contributed by atoms with Crippen LogP contribution in [0.1, 0.15) is 47.0 Å². The maximum absolute atomic E-state index is 12.7. The van der Waals surface area contributed by atoms with Crippen molar-refractivity contribution in [3.8, 4) is 0 Å². The van der Waals surface area contributed by atoms with Crippen LogP contribution in [-0.2, 0) is 11.2 Å². The molecule has 4 heteroatoms. The van der Waals surface area contributed by atoms with Gasteiger partial charge >= 0.3 is 0 Å². The Morgan fingerprint density at radius 1 is 1.24 bits per heavy atom. The molecule has 3 heterocycles. The number of fused-ring (bicyclic) bond motifs is 1. The van der Waals surface area contributed by atoms with E-state index < -0.39 is 0 Å². The molecule has 0 N–H and O–H groups in total. The van der Waals surface area contributed by atoms with E-state index in [-0.39, 0.29) is 6.04 Å². The van der Waals surface area contributed by atoms with Gasteiger partial charge < -0.3 is 4.90 Å². The lowest BCUT2D eigenvalue weighted by molar-refractivity contribution is -0.133. The lowest BCUT2D eigenvalue weighted by atomic mass is 9.97. The Kier molecular flexibility index (Phi) is 3.59. The van der Waals surface area contributed by atoms with Gasteiger partial charge in [-0.05, 0) is 47.2 Å². The largest absolute Gasteiger partial charge is 0.330 e. The fourth-order valence-corrected chi connectivity index (χ4v) is 4.97. The van der Waals surface area contributed by atoms with E-state index in [2.05, 4.69) is 33.9 Å². The predicted octanol–water partition coefficient (Wildman–Crippen LogP) is 4.47. The van der Waals surface area contributed by atoms with Crippen molar-refractivity contribution in [2.75, 3.05) is 6.54 Å². The second-order valence-corrected chi connectivity index (χ2v) is 8.02. The molecule has 2 aromatic rings. The molecule has 2 aliphatic rings. The summed E-state index contributed by atoms with van der Waals surface area (Å²) in [4.78, 5) is 17.6. The third kappa shape index (κ3) is 2.67. The zero-order valence-electron chi connectivity index (χ0n) is 12.0. The molecule has 0 unspecified atom stereocenters. The Labute approximate surface area is 133 Å². The summed E-state index contributed by atoms with van der Waals surface area (Å²) in [6.07, 6.45) is 5.49. The topological polar surface area (TPSA) is 20.3 Å².